The Bertz CT molecular complexity index is 275. The van der Waals surface area contributed by atoms with Crippen LogP contribution in [0.5, 0.6) is 0 Å². The van der Waals surface area contributed by atoms with Crippen molar-refractivity contribution >= 4 is 28.9 Å². The molecule has 0 aromatic rings. The Morgan fingerprint density at radius 3 is 2.38 bits per heavy atom. The minimum atomic E-state index is 0.0833. The maximum absolute atomic E-state index is 10.7. The molecule has 1 saturated heterocycles. The lowest BCUT2D eigenvalue weighted by atomic mass is 9.74. The van der Waals surface area contributed by atoms with Gasteiger partial charge in [0.05, 0.1) is 12.2 Å². The Hall–Kier alpha value is 0.100. The molecule has 1 aliphatic heterocycles. The quantitative estimate of drug-likeness (QED) is 0.582. The monoisotopic (exact) mass is 336 g/mol. The molecule has 92 valence electrons. The van der Waals surface area contributed by atoms with Gasteiger partial charge in [0.25, 0.3) is 0 Å². The van der Waals surface area contributed by atoms with Crippen molar-refractivity contribution in [3.63, 3.8) is 0 Å². The lowest BCUT2D eigenvalue weighted by Crippen LogP contribution is -2.45. The predicted molar refractivity (Wildman–Crippen MR) is 74.6 cm³/mol. The van der Waals surface area contributed by atoms with Crippen molar-refractivity contribution < 1.29 is 9.53 Å². The van der Waals surface area contributed by atoms with Gasteiger partial charge in [-0.05, 0) is 34.3 Å². The Labute approximate surface area is 112 Å². The van der Waals surface area contributed by atoms with E-state index in [1.807, 2.05) is 0 Å². The van der Waals surface area contributed by atoms with Crippen LogP contribution in [0.3, 0.4) is 0 Å². The summed E-state index contributed by atoms with van der Waals surface area (Å²) in [6, 6.07) is 0. The molecule has 3 heteroatoms. The van der Waals surface area contributed by atoms with Crippen LogP contribution in [0, 0.1) is 17.8 Å². The Balaban J connectivity index is 2.84. The van der Waals surface area contributed by atoms with Gasteiger partial charge < -0.3 is 9.53 Å². The molecular weight excluding hydrogens is 315 g/mol. The van der Waals surface area contributed by atoms with Crippen LogP contribution in [0.15, 0.2) is 9.66 Å². The average Bonchev–Trinajstić information content (AvgIpc) is 2.29. The molecular formula is C13H21IO2. The molecule has 0 bridgehead atoms. The molecule has 1 fully saturated rings. The standard InChI is InChI=1S/C13H21IO2/c1-8(7-14)13-11(4)9(2)10(3)12(16-13)5-6-15/h6-7,9-13H,5H2,1-4H3/b8-7+/t9-,10+,11+,12+,13-/m0/s1. The van der Waals surface area contributed by atoms with Gasteiger partial charge in [0.2, 0.25) is 0 Å². The number of halogens is 1. The molecule has 0 radical (unpaired) electrons. The molecule has 0 amide bonds. The largest absolute Gasteiger partial charge is 0.370 e. The Kier molecular flexibility index (Phi) is 5.44. The number of carbonyl (C=O) groups excluding carboxylic acids is 1. The van der Waals surface area contributed by atoms with E-state index in [0.717, 1.165) is 6.29 Å². The fourth-order valence-electron chi connectivity index (χ4n) is 2.48. The molecule has 0 aliphatic carbocycles. The van der Waals surface area contributed by atoms with E-state index in [-0.39, 0.29) is 12.2 Å². The molecule has 0 unspecified atom stereocenters. The minimum Gasteiger partial charge on any atom is -0.370 e. The number of hydrogen-bond acceptors (Lipinski definition) is 2. The van der Waals surface area contributed by atoms with E-state index in [2.05, 4.69) is 54.4 Å². The molecule has 0 saturated carbocycles. The third-order valence-electron chi connectivity index (χ3n) is 3.99. The molecule has 1 rings (SSSR count). The van der Waals surface area contributed by atoms with Crippen LogP contribution in [0.1, 0.15) is 34.1 Å². The highest BCUT2D eigenvalue weighted by molar-refractivity contribution is 14.1. The van der Waals surface area contributed by atoms with E-state index in [1.54, 1.807) is 0 Å². The van der Waals surface area contributed by atoms with Gasteiger partial charge in [-0.15, -0.1) is 0 Å². The Morgan fingerprint density at radius 1 is 1.25 bits per heavy atom. The smallest absolute Gasteiger partial charge is 0.122 e. The zero-order valence-corrected chi connectivity index (χ0v) is 12.6. The summed E-state index contributed by atoms with van der Waals surface area (Å²) in [7, 11) is 0. The second-order valence-corrected chi connectivity index (χ2v) is 5.55. The maximum atomic E-state index is 10.7. The van der Waals surface area contributed by atoms with E-state index in [0.29, 0.717) is 24.2 Å². The van der Waals surface area contributed by atoms with Crippen molar-refractivity contribution in [3.8, 4) is 0 Å². The molecule has 1 heterocycles. The molecule has 16 heavy (non-hydrogen) atoms. The summed E-state index contributed by atoms with van der Waals surface area (Å²) in [6.07, 6.45) is 1.75. The normalized spacial score (nSPS) is 40.8. The first-order chi connectivity index (χ1) is 7.52. The topological polar surface area (TPSA) is 26.3 Å². The van der Waals surface area contributed by atoms with Gasteiger partial charge in [0.1, 0.15) is 6.29 Å². The lowest BCUT2D eigenvalue weighted by molar-refractivity contribution is -0.130. The van der Waals surface area contributed by atoms with Crippen molar-refractivity contribution in [1.82, 2.24) is 0 Å². The van der Waals surface area contributed by atoms with Gasteiger partial charge in [0.15, 0.2) is 0 Å². The number of rotatable bonds is 3. The van der Waals surface area contributed by atoms with Gasteiger partial charge in [-0.3, -0.25) is 0 Å². The maximum Gasteiger partial charge on any atom is 0.122 e. The first-order valence-corrected chi connectivity index (χ1v) is 7.13. The fourth-order valence-corrected chi connectivity index (χ4v) is 2.83. The third-order valence-corrected chi connectivity index (χ3v) is 4.98. The summed E-state index contributed by atoms with van der Waals surface area (Å²) in [5.74, 6) is 1.57. The summed E-state index contributed by atoms with van der Waals surface area (Å²) in [5.41, 5.74) is 1.27. The van der Waals surface area contributed by atoms with E-state index in [9.17, 15) is 4.79 Å². The van der Waals surface area contributed by atoms with Crippen LogP contribution >= 0.6 is 22.6 Å². The molecule has 0 aromatic heterocycles. The summed E-state index contributed by atoms with van der Waals surface area (Å²) >= 11 is 2.26. The first kappa shape index (κ1) is 14.2. The SMILES string of the molecule is C/C(=C\I)[C@@H]1O[C@H](CC=O)[C@H](C)[C@H](C)[C@H]1C. The van der Waals surface area contributed by atoms with Crippen LogP contribution in [0.4, 0.5) is 0 Å². The molecule has 1 aliphatic rings. The van der Waals surface area contributed by atoms with Crippen LogP contribution < -0.4 is 0 Å². The fraction of sp³-hybridized carbons (Fsp3) is 0.769. The van der Waals surface area contributed by atoms with Gasteiger partial charge in [-0.2, -0.15) is 0 Å². The lowest BCUT2D eigenvalue weighted by Gasteiger charge is -2.43. The van der Waals surface area contributed by atoms with Gasteiger partial charge in [-0.25, -0.2) is 0 Å². The van der Waals surface area contributed by atoms with E-state index < -0.39 is 0 Å². The summed E-state index contributed by atoms with van der Waals surface area (Å²) in [6.45, 7) is 8.80. The number of hydrogen-bond donors (Lipinski definition) is 0. The Morgan fingerprint density at radius 2 is 1.88 bits per heavy atom. The van der Waals surface area contributed by atoms with Crippen molar-refractivity contribution in [2.75, 3.05) is 0 Å². The van der Waals surface area contributed by atoms with Crippen molar-refractivity contribution in [1.29, 1.82) is 0 Å². The second-order valence-electron chi connectivity index (χ2n) is 4.93. The van der Waals surface area contributed by atoms with E-state index >= 15 is 0 Å². The van der Waals surface area contributed by atoms with Gasteiger partial charge in [-0.1, -0.05) is 43.4 Å². The van der Waals surface area contributed by atoms with Gasteiger partial charge in [0, 0.05) is 6.42 Å². The first-order valence-electron chi connectivity index (χ1n) is 5.88. The second kappa shape index (κ2) is 6.15. The zero-order chi connectivity index (χ0) is 12.3. The van der Waals surface area contributed by atoms with Crippen molar-refractivity contribution in [2.45, 2.75) is 46.3 Å². The van der Waals surface area contributed by atoms with Crippen molar-refractivity contribution in [3.05, 3.63) is 9.66 Å². The van der Waals surface area contributed by atoms with Crippen LogP contribution in [0.2, 0.25) is 0 Å². The molecule has 0 aromatic carbocycles. The summed E-state index contributed by atoms with van der Waals surface area (Å²) in [5, 5.41) is 0. The summed E-state index contributed by atoms with van der Waals surface area (Å²) in [4.78, 5) is 10.7. The van der Waals surface area contributed by atoms with E-state index in [4.69, 9.17) is 4.74 Å². The van der Waals surface area contributed by atoms with Crippen molar-refractivity contribution in [2.24, 2.45) is 17.8 Å². The molecule has 0 spiro atoms. The highest BCUT2D eigenvalue weighted by Crippen LogP contribution is 2.38. The minimum absolute atomic E-state index is 0.0833. The number of aldehydes is 1. The highest BCUT2D eigenvalue weighted by atomic mass is 127. The molecule has 2 nitrogen and oxygen atoms in total. The molecule has 5 atom stereocenters. The predicted octanol–water partition coefficient (Wildman–Crippen LogP) is 3.59. The van der Waals surface area contributed by atoms with E-state index in [1.165, 1.54) is 5.57 Å². The third kappa shape index (κ3) is 2.86. The zero-order valence-electron chi connectivity index (χ0n) is 10.4. The average molecular weight is 336 g/mol. The van der Waals surface area contributed by atoms with Crippen LogP contribution in [-0.4, -0.2) is 18.5 Å². The number of carbonyl (C=O) groups is 1. The van der Waals surface area contributed by atoms with Crippen LogP contribution in [0.25, 0.3) is 0 Å². The van der Waals surface area contributed by atoms with Gasteiger partial charge >= 0.3 is 0 Å². The molecule has 0 N–H and O–H groups in total. The number of ether oxygens (including phenoxy) is 1. The summed E-state index contributed by atoms with van der Waals surface area (Å²) < 4.78 is 8.15. The highest BCUT2D eigenvalue weighted by Gasteiger charge is 2.39. The van der Waals surface area contributed by atoms with Crippen LogP contribution in [-0.2, 0) is 9.53 Å².